The highest BCUT2D eigenvalue weighted by Crippen LogP contribution is 2.01. The number of hydrogen-bond donors (Lipinski definition) is 0. The third-order valence-corrected chi connectivity index (χ3v) is 0.769. The van der Waals surface area contributed by atoms with Crippen molar-refractivity contribution in [2.75, 3.05) is 0 Å². The summed E-state index contributed by atoms with van der Waals surface area (Å²) in [5, 5.41) is 0. The van der Waals surface area contributed by atoms with E-state index >= 15 is 0 Å². The third-order valence-electron chi connectivity index (χ3n) is 0.377. The van der Waals surface area contributed by atoms with Crippen LogP contribution >= 0.6 is 8.69 Å². The fraction of sp³-hybridized carbons (Fsp3) is 0.667. The van der Waals surface area contributed by atoms with Crippen LogP contribution in [0.2, 0.25) is 0 Å². The van der Waals surface area contributed by atoms with Crippen LogP contribution in [0, 0.1) is 6.57 Å². The Morgan fingerprint density at radius 1 is 2.00 bits per heavy atom. The van der Waals surface area contributed by atoms with Crippen molar-refractivity contribution in [1.29, 1.82) is 0 Å². The first-order valence-electron chi connectivity index (χ1n) is 1.66. The lowest BCUT2D eigenvalue weighted by Crippen LogP contribution is -1.89. The molecule has 0 aliphatic heterocycles. The van der Waals surface area contributed by atoms with Crippen LogP contribution in [-0.2, 0) is 9.09 Å². The van der Waals surface area contributed by atoms with Gasteiger partial charge in [0.1, 0.15) is 0 Å². The fourth-order valence-corrected chi connectivity index (χ4v) is 0.258. The van der Waals surface area contributed by atoms with Crippen molar-refractivity contribution in [2.45, 2.75) is 13.2 Å². The van der Waals surface area contributed by atoms with Crippen molar-refractivity contribution in [3.8, 4) is 0 Å². The highest BCUT2D eigenvalue weighted by atomic mass is 31.1. The van der Waals surface area contributed by atoms with E-state index in [0.29, 0.717) is 0 Å². The molecule has 1 atom stereocenters. The first-order valence-corrected chi connectivity index (χ1v) is 2.39. The quantitative estimate of drug-likeness (QED) is 0.405. The van der Waals surface area contributed by atoms with Gasteiger partial charge in [-0.3, -0.25) is 4.85 Å². The minimum absolute atomic E-state index is 0.424. The summed E-state index contributed by atoms with van der Waals surface area (Å²) in [4.78, 5) is 2.90. The van der Waals surface area contributed by atoms with E-state index in [4.69, 9.17) is 6.57 Å². The summed E-state index contributed by atoms with van der Waals surface area (Å²) >= 11 is 0. The first kappa shape index (κ1) is 6.55. The second-order valence-electron chi connectivity index (χ2n) is 0.908. The SMILES string of the molecule is [C-]#[N+]C(C)OP=O. The van der Waals surface area contributed by atoms with Crippen LogP contribution in [0.15, 0.2) is 0 Å². The second-order valence-corrected chi connectivity index (χ2v) is 1.27. The largest absolute Gasteiger partial charge is 0.334 e. The van der Waals surface area contributed by atoms with E-state index in [0.717, 1.165) is 0 Å². The second kappa shape index (κ2) is 3.73. The molecule has 7 heavy (non-hydrogen) atoms. The Morgan fingerprint density at radius 3 is 2.71 bits per heavy atom. The molecule has 0 fully saturated rings. The van der Waals surface area contributed by atoms with Crippen molar-refractivity contribution in [3.63, 3.8) is 0 Å². The summed E-state index contributed by atoms with van der Waals surface area (Å²) in [5.41, 5.74) is 0. The molecule has 0 spiro atoms. The standard InChI is InChI=1S/C3H4NO2P/c1-3(4-2)6-7-5/h3H,1H3. The van der Waals surface area contributed by atoms with E-state index in [1.54, 1.807) is 0 Å². The third kappa shape index (κ3) is 3.38. The maximum Gasteiger partial charge on any atom is 0.334 e. The lowest BCUT2D eigenvalue weighted by molar-refractivity contribution is 0.293. The minimum atomic E-state index is -0.584. The molecule has 4 heteroatoms. The van der Waals surface area contributed by atoms with Crippen molar-refractivity contribution in [1.82, 2.24) is 0 Å². The molecule has 0 rings (SSSR count). The molecule has 0 aromatic heterocycles. The summed E-state index contributed by atoms with van der Waals surface area (Å²) in [6.45, 7) is 7.79. The highest BCUT2D eigenvalue weighted by Gasteiger charge is 1.99. The zero-order valence-corrected chi connectivity index (χ0v) is 4.68. The van der Waals surface area contributed by atoms with Crippen LogP contribution in [0.5, 0.6) is 0 Å². The van der Waals surface area contributed by atoms with Crippen LogP contribution < -0.4 is 0 Å². The molecule has 0 aromatic carbocycles. The van der Waals surface area contributed by atoms with Crippen molar-refractivity contribution >= 4 is 8.69 Å². The Bertz CT molecular complexity index is 97.6. The first-order chi connectivity index (χ1) is 3.31. The topological polar surface area (TPSA) is 30.7 Å². The Morgan fingerprint density at radius 2 is 2.57 bits per heavy atom. The number of nitrogens with zero attached hydrogens (tertiary/aromatic N) is 1. The Balaban J connectivity index is 3.21. The molecule has 1 unspecified atom stereocenters. The molecule has 0 amide bonds. The van der Waals surface area contributed by atoms with Gasteiger partial charge in [0.2, 0.25) is 0 Å². The summed E-state index contributed by atoms with van der Waals surface area (Å²) in [6.07, 6.45) is -0.584. The van der Waals surface area contributed by atoms with Crippen molar-refractivity contribution in [2.24, 2.45) is 0 Å². The van der Waals surface area contributed by atoms with Crippen LogP contribution in [0.25, 0.3) is 4.85 Å². The highest BCUT2D eigenvalue weighted by molar-refractivity contribution is 7.17. The average Bonchev–Trinajstić information content (AvgIpc) is 1.68. The van der Waals surface area contributed by atoms with Gasteiger partial charge in [-0.2, -0.15) is 0 Å². The fourth-order valence-electron chi connectivity index (χ4n) is 0.0858. The van der Waals surface area contributed by atoms with Crippen molar-refractivity contribution < 1.29 is 9.09 Å². The molecule has 0 bridgehead atoms. The molecular weight excluding hydrogens is 113 g/mol. The number of rotatable bonds is 2. The average molecular weight is 117 g/mol. The predicted octanol–water partition coefficient (Wildman–Crippen LogP) is 1.47. The smallest absolute Gasteiger partial charge is 0.282 e. The van der Waals surface area contributed by atoms with Gasteiger partial charge in [-0.15, -0.1) is 0 Å². The maximum atomic E-state index is 9.51. The van der Waals surface area contributed by atoms with E-state index in [2.05, 4.69) is 9.37 Å². The van der Waals surface area contributed by atoms with E-state index in [1.165, 1.54) is 6.92 Å². The van der Waals surface area contributed by atoms with E-state index in [-0.39, 0.29) is 0 Å². The molecule has 0 aliphatic rings. The Hall–Kier alpha value is -0.450. The van der Waals surface area contributed by atoms with Gasteiger partial charge >= 0.3 is 14.9 Å². The van der Waals surface area contributed by atoms with Crippen LogP contribution in [0.1, 0.15) is 6.92 Å². The molecule has 0 radical (unpaired) electrons. The molecule has 38 valence electrons. The monoisotopic (exact) mass is 117 g/mol. The number of hydrogen-bond acceptors (Lipinski definition) is 2. The van der Waals surface area contributed by atoms with E-state index in [1.807, 2.05) is 0 Å². The van der Waals surface area contributed by atoms with Gasteiger partial charge in [-0.25, -0.2) is 15.7 Å². The van der Waals surface area contributed by atoms with E-state index in [9.17, 15) is 4.57 Å². The molecule has 0 aliphatic carbocycles. The molecule has 0 N–H and O–H groups in total. The molecule has 3 nitrogen and oxygen atoms in total. The van der Waals surface area contributed by atoms with Gasteiger partial charge in [0.15, 0.2) is 0 Å². The van der Waals surface area contributed by atoms with Gasteiger partial charge in [0, 0.05) is 6.92 Å². The lowest BCUT2D eigenvalue weighted by atomic mass is 10.7. The van der Waals surface area contributed by atoms with Crippen molar-refractivity contribution in [3.05, 3.63) is 11.4 Å². The molecule has 0 saturated carbocycles. The Labute approximate surface area is 43.4 Å². The Kier molecular flexibility index (Phi) is 3.49. The lowest BCUT2D eigenvalue weighted by Gasteiger charge is -1.85. The van der Waals surface area contributed by atoms with E-state index < -0.39 is 14.9 Å². The minimum Gasteiger partial charge on any atom is -0.282 e. The summed E-state index contributed by atoms with van der Waals surface area (Å²) in [7, 11) is -0.424. The molecule has 0 heterocycles. The zero-order valence-electron chi connectivity index (χ0n) is 3.79. The van der Waals surface area contributed by atoms with Gasteiger partial charge < -0.3 is 0 Å². The van der Waals surface area contributed by atoms with Gasteiger partial charge in [-0.05, 0) is 0 Å². The summed E-state index contributed by atoms with van der Waals surface area (Å²) in [5.74, 6) is 0. The van der Waals surface area contributed by atoms with Crippen LogP contribution in [0.4, 0.5) is 0 Å². The zero-order chi connectivity index (χ0) is 5.70. The summed E-state index contributed by atoms with van der Waals surface area (Å²) in [6, 6.07) is 0. The predicted molar refractivity (Wildman–Crippen MR) is 24.8 cm³/mol. The molecular formula is C3H4NO2P. The normalized spacial score (nSPS) is 13.1. The van der Waals surface area contributed by atoms with Crippen LogP contribution in [0.3, 0.4) is 0 Å². The van der Waals surface area contributed by atoms with Gasteiger partial charge in [-0.1, -0.05) is 0 Å². The van der Waals surface area contributed by atoms with Crippen LogP contribution in [-0.4, -0.2) is 6.23 Å². The molecule has 0 saturated heterocycles. The summed E-state index contributed by atoms with van der Waals surface area (Å²) < 4.78 is 13.8. The van der Waals surface area contributed by atoms with Gasteiger partial charge in [0.25, 0.3) is 0 Å². The van der Waals surface area contributed by atoms with Gasteiger partial charge in [0.05, 0.1) is 0 Å². The molecule has 0 aromatic rings. The maximum absolute atomic E-state index is 9.51.